The molecule has 8 heteroatoms. The zero-order valence-electron chi connectivity index (χ0n) is 14.2. The van der Waals surface area contributed by atoms with E-state index in [0.29, 0.717) is 27.1 Å². The summed E-state index contributed by atoms with van der Waals surface area (Å²) in [5, 5.41) is 8.43. The molecule has 2 amide bonds. The number of carbonyl (C=O) groups is 2. The number of fused-ring (bicyclic) bond motifs is 1. The number of thioether (sulfide) groups is 1. The van der Waals surface area contributed by atoms with Gasteiger partial charge >= 0.3 is 0 Å². The number of benzene rings is 2. The Morgan fingerprint density at radius 2 is 2.07 bits per heavy atom. The average Bonchev–Trinajstić information content (AvgIpc) is 3.11. The summed E-state index contributed by atoms with van der Waals surface area (Å²) >= 11 is 9.01. The smallest absolute Gasteiger partial charge is 0.257 e. The number of amides is 2. The van der Waals surface area contributed by atoms with Crippen molar-refractivity contribution < 1.29 is 9.59 Å². The summed E-state index contributed by atoms with van der Waals surface area (Å²) in [4.78, 5) is 29.8. The lowest BCUT2D eigenvalue weighted by atomic mass is 10.1. The van der Waals surface area contributed by atoms with Crippen molar-refractivity contribution >= 4 is 57.3 Å². The average molecular weight is 416 g/mol. The van der Waals surface area contributed by atoms with Crippen LogP contribution in [0.3, 0.4) is 0 Å². The molecule has 1 aliphatic heterocycles. The van der Waals surface area contributed by atoms with Gasteiger partial charge in [0.15, 0.2) is 5.13 Å². The van der Waals surface area contributed by atoms with Crippen molar-refractivity contribution in [2.45, 2.75) is 17.1 Å². The molecule has 1 atom stereocenters. The van der Waals surface area contributed by atoms with E-state index < -0.39 is 0 Å². The van der Waals surface area contributed by atoms with Gasteiger partial charge in [-0.05, 0) is 31.2 Å². The molecule has 2 aromatic carbocycles. The quantitative estimate of drug-likeness (QED) is 0.620. The molecule has 0 bridgehead atoms. The maximum absolute atomic E-state index is 12.6. The first kappa shape index (κ1) is 18.0. The number of nitrogens with one attached hydrogen (secondary N) is 2. The van der Waals surface area contributed by atoms with E-state index >= 15 is 0 Å². The molecule has 1 aromatic heterocycles. The van der Waals surface area contributed by atoms with Crippen LogP contribution in [0.1, 0.15) is 17.3 Å². The number of hydrogen-bond acceptors (Lipinski definition) is 5. The van der Waals surface area contributed by atoms with Crippen LogP contribution < -0.4 is 10.6 Å². The fourth-order valence-electron chi connectivity index (χ4n) is 2.64. The van der Waals surface area contributed by atoms with E-state index in [1.165, 1.54) is 23.1 Å². The predicted molar refractivity (Wildman–Crippen MR) is 111 cm³/mol. The maximum Gasteiger partial charge on any atom is 0.257 e. The molecular formula is C19H14ClN3O2S2. The second-order valence-corrected chi connectivity index (χ2v) is 8.58. The Hall–Kier alpha value is -2.35. The molecule has 0 saturated heterocycles. The van der Waals surface area contributed by atoms with Crippen LogP contribution in [-0.2, 0) is 4.79 Å². The minimum atomic E-state index is -0.282. The van der Waals surface area contributed by atoms with Gasteiger partial charge in [0.05, 0.1) is 16.6 Å². The van der Waals surface area contributed by atoms with Crippen molar-refractivity contribution in [1.29, 1.82) is 0 Å². The number of aromatic nitrogens is 1. The van der Waals surface area contributed by atoms with Gasteiger partial charge < -0.3 is 5.32 Å². The highest BCUT2D eigenvalue weighted by Crippen LogP contribution is 2.36. The largest absolute Gasteiger partial charge is 0.324 e. The molecular weight excluding hydrogens is 402 g/mol. The fraction of sp³-hybridized carbons (Fsp3) is 0.105. The van der Waals surface area contributed by atoms with Crippen LogP contribution in [0.15, 0.2) is 52.7 Å². The number of rotatable bonds is 3. The molecule has 0 fully saturated rings. The van der Waals surface area contributed by atoms with Crippen LogP contribution in [0.5, 0.6) is 0 Å². The summed E-state index contributed by atoms with van der Waals surface area (Å²) in [6.07, 6.45) is 0. The van der Waals surface area contributed by atoms with Crippen molar-refractivity contribution in [2.75, 3.05) is 10.6 Å². The third-order valence-electron chi connectivity index (χ3n) is 4.05. The monoisotopic (exact) mass is 415 g/mol. The molecule has 3 aromatic rings. The molecule has 0 saturated carbocycles. The van der Waals surface area contributed by atoms with Gasteiger partial charge in [-0.1, -0.05) is 29.8 Å². The Labute approximate surface area is 169 Å². The number of carbonyl (C=O) groups excluding carboxylic acids is 2. The van der Waals surface area contributed by atoms with E-state index in [2.05, 4.69) is 15.6 Å². The third-order valence-corrected chi connectivity index (χ3v) is 6.31. The molecule has 5 nitrogen and oxygen atoms in total. The highest BCUT2D eigenvalue weighted by molar-refractivity contribution is 8.00. The lowest BCUT2D eigenvalue weighted by Crippen LogP contribution is -2.26. The summed E-state index contributed by atoms with van der Waals surface area (Å²) in [7, 11) is 0. The minimum absolute atomic E-state index is 0.0608. The minimum Gasteiger partial charge on any atom is -0.324 e. The molecule has 136 valence electrons. The number of thiazole rings is 1. The molecule has 4 rings (SSSR count). The van der Waals surface area contributed by atoms with E-state index in [9.17, 15) is 9.59 Å². The number of anilines is 2. The summed E-state index contributed by atoms with van der Waals surface area (Å²) in [5.74, 6) is -0.343. The van der Waals surface area contributed by atoms with E-state index in [1.54, 1.807) is 18.2 Å². The number of halogens is 1. The second kappa shape index (κ2) is 7.34. The van der Waals surface area contributed by atoms with Crippen LogP contribution in [-0.4, -0.2) is 22.0 Å². The SMILES string of the molecule is C[C@@H]1Sc2ccc(C(=O)Nc3nc(-c4ccccc4Cl)cs3)cc2NC1=O. The third kappa shape index (κ3) is 3.71. The van der Waals surface area contributed by atoms with Crippen LogP contribution >= 0.6 is 34.7 Å². The fourth-order valence-corrected chi connectivity index (χ4v) is 4.51. The Balaban J connectivity index is 1.53. The van der Waals surface area contributed by atoms with E-state index in [1.807, 2.05) is 36.6 Å². The van der Waals surface area contributed by atoms with Crippen LogP contribution in [0.25, 0.3) is 11.3 Å². The van der Waals surface area contributed by atoms with Gasteiger partial charge in [0.25, 0.3) is 5.91 Å². The lowest BCUT2D eigenvalue weighted by Gasteiger charge is -2.21. The number of nitrogens with zero attached hydrogens (tertiary/aromatic N) is 1. The zero-order valence-corrected chi connectivity index (χ0v) is 16.5. The van der Waals surface area contributed by atoms with Crippen LogP contribution in [0.4, 0.5) is 10.8 Å². The maximum atomic E-state index is 12.6. The summed E-state index contributed by atoms with van der Waals surface area (Å²) in [5.41, 5.74) is 2.65. The first-order chi connectivity index (χ1) is 13.0. The van der Waals surface area contributed by atoms with Crippen LogP contribution in [0.2, 0.25) is 5.02 Å². The van der Waals surface area contributed by atoms with Gasteiger partial charge in [0, 0.05) is 26.4 Å². The molecule has 0 radical (unpaired) electrons. The molecule has 2 N–H and O–H groups in total. The molecule has 0 spiro atoms. The Morgan fingerprint density at radius 3 is 2.89 bits per heavy atom. The Morgan fingerprint density at radius 1 is 1.26 bits per heavy atom. The van der Waals surface area contributed by atoms with Crippen molar-refractivity contribution in [2.24, 2.45) is 0 Å². The van der Waals surface area contributed by atoms with E-state index in [-0.39, 0.29) is 17.1 Å². The topological polar surface area (TPSA) is 71.1 Å². The molecule has 0 unspecified atom stereocenters. The van der Waals surface area contributed by atoms with Crippen molar-refractivity contribution in [3.05, 3.63) is 58.4 Å². The molecule has 0 aliphatic carbocycles. The summed E-state index contributed by atoms with van der Waals surface area (Å²) in [6.45, 7) is 1.85. The predicted octanol–water partition coefficient (Wildman–Crippen LogP) is 5.15. The summed E-state index contributed by atoms with van der Waals surface area (Å²) < 4.78 is 0. The Bertz CT molecular complexity index is 1050. The first-order valence-corrected chi connectivity index (χ1v) is 10.3. The molecule has 1 aliphatic rings. The second-order valence-electron chi connectivity index (χ2n) is 5.93. The van der Waals surface area contributed by atoms with Crippen molar-refractivity contribution in [3.8, 4) is 11.3 Å². The lowest BCUT2D eigenvalue weighted by molar-refractivity contribution is -0.115. The van der Waals surface area contributed by atoms with Gasteiger partial charge in [-0.3, -0.25) is 14.9 Å². The normalized spacial score (nSPS) is 15.8. The zero-order chi connectivity index (χ0) is 19.0. The van der Waals surface area contributed by atoms with Crippen molar-refractivity contribution in [3.63, 3.8) is 0 Å². The van der Waals surface area contributed by atoms with Gasteiger partial charge in [-0.2, -0.15) is 0 Å². The van der Waals surface area contributed by atoms with Crippen LogP contribution in [0, 0.1) is 0 Å². The van der Waals surface area contributed by atoms with E-state index in [4.69, 9.17) is 11.6 Å². The van der Waals surface area contributed by atoms with E-state index in [0.717, 1.165) is 10.5 Å². The highest BCUT2D eigenvalue weighted by Gasteiger charge is 2.24. The van der Waals surface area contributed by atoms with Gasteiger partial charge in [0.2, 0.25) is 5.91 Å². The van der Waals surface area contributed by atoms with Gasteiger partial charge in [0.1, 0.15) is 0 Å². The highest BCUT2D eigenvalue weighted by atomic mass is 35.5. The molecule has 2 heterocycles. The first-order valence-electron chi connectivity index (χ1n) is 8.14. The van der Waals surface area contributed by atoms with Gasteiger partial charge in [-0.25, -0.2) is 4.98 Å². The standard InChI is InChI=1S/C19H14ClN3O2S2/c1-10-17(24)21-14-8-11(6-7-16(14)27-10)18(25)23-19-22-15(9-26-19)12-4-2-3-5-13(12)20/h2-10H,1H3,(H,21,24)(H,22,23,25)/t10-/m0/s1. The molecule has 27 heavy (non-hydrogen) atoms. The number of hydrogen-bond donors (Lipinski definition) is 2. The van der Waals surface area contributed by atoms with Crippen molar-refractivity contribution in [1.82, 2.24) is 4.98 Å². The summed E-state index contributed by atoms with van der Waals surface area (Å²) in [6, 6.07) is 12.7. The Kier molecular flexibility index (Phi) is 4.90. The van der Waals surface area contributed by atoms with Gasteiger partial charge in [-0.15, -0.1) is 23.1 Å².